The number of hydrogen-bond acceptors (Lipinski definition) is 5. The number of pyridine rings is 1. The van der Waals surface area contributed by atoms with Crippen LogP contribution in [-0.4, -0.2) is 46.0 Å². The maximum Gasteiger partial charge on any atom is 0.274 e. The Balaban J connectivity index is 1.78. The summed E-state index contributed by atoms with van der Waals surface area (Å²) in [6.07, 6.45) is 0.542. The lowest BCUT2D eigenvalue weighted by Gasteiger charge is -2.33. The molecule has 2 amide bonds. The predicted octanol–water partition coefficient (Wildman–Crippen LogP) is 1.83. The largest absolute Gasteiger partial charge is 0.503 e. The Hall–Kier alpha value is -3.27. The van der Waals surface area contributed by atoms with Gasteiger partial charge in [0.05, 0.1) is 17.8 Å². The van der Waals surface area contributed by atoms with E-state index in [0.717, 1.165) is 6.07 Å². The van der Waals surface area contributed by atoms with Crippen LogP contribution >= 0.6 is 0 Å². The smallest absolute Gasteiger partial charge is 0.274 e. The van der Waals surface area contributed by atoms with Gasteiger partial charge in [-0.3, -0.25) is 14.4 Å². The van der Waals surface area contributed by atoms with Gasteiger partial charge in [-0.2, -0.15) is 0 Å². The van der Waals surface area contributed by atoms with Gasteiger partial charge in [0, 0.05) is 31.3 Å². The van der Waals surface area contributed by atoms with Gasteiger partial charge in [-0.15, -0.1) is 0 Å². The third-order valence-electron chi connectivity index (χ3n) is 6.06. The van der Waals surface area contributed by atoms with Gasteiger partial charge in [0.2, 0.25) is 5.43 Å². The fraction of sp³-hybridized carbons (Fsp3) is 0.409. The molecule has 10 heteroatoms. The number of rotatable bonds is 6. The number of carbonyl (C=O) groups is 2. The van der Waals surface area contributed by atoms with E-state index in [1.54, 1.807) is 9.47 Å². The van der Waals surface area contributed by atoms with E-state index in [1.807, 2.05) is 13.8 Å². The van der Waals surface area contributed by atoms with Crippen LogP contribution in [-0.2, 0) is 6.54 Å². The average Bonchev–Trinajstić information content (AvgIpc) is 3.10. The monoisotopic (exact) mass is 446 g/mol. The van der Waals surface area contributed by atoms with Crippen LogP contribution in [0.25, 0.3) is 0 Å². The van der Waals surface area contributed by atoms with Gasteiger partial charge in [-0.1, -0.05) is 13.0 Å². The zero-order valence-corrected chi connectivity index (χ0v) is 17.7. The Morgan fingerprint density at radius 1 is 1.25 bits per heavy atom. The van der Waals surface area contributed by atoms with Gasteiger partial charge in [0.25, 0.3) is 11.8 Å². The number of aromatic hydroxyl groups is 1. The van der Waals surface area contributed by atoms with Crippen molar-refractivity contribution in [2.45, 2.75) is 38.9 Å². The molecule has 1 aromatic heterocycles. The van der Waals surface area contributed by atoms with Crippen LogP contribution in [0.3, 0.4) is 0 Å². The normalized spacial score (nSPS) is 19.2. The standard InChI is InChI=1S/C22H24F2N4O4/c1-3-25-15-8-13-10-27(4-2)22(32)18-20(30)19(29)16(17(15)28(13)18)21(31)26-9-11-5-6-12(23)7-14(11)24/h5-7,13,15,25,30H,3-4,8-10H2,1-2H3,(H,26,31)/t13-,15+/m1/s1. The summed E-state index contributed by atoms with van der Waals surface area (Å²) in [5, 5.41) is 16.4. The van der Waals surface area contributed by atoms with Gasteiger partial charge < -0.3 is 25.2 Å². The van der Waals surface area contributed by atoms with Crippen LogP contribution in [0.1, 0.15) is 64.5 Å². The van der Waals surface area contributed by atoms with Crippen LogP contribution in [0.4, 0.5) is 8.78 Å². The summed E-state index contributed by atoms with van der Waals surface area (Å²) in [6, 6.07) is 2.41. The second-order valence-corrected chi connectivity index (χ2v) is 7.92. The summed E-state index contributed by atoms with van der Waals surface area (Å²) in [5.41, 5.74) is -0.938. The molecule has 32 heavy (non-hydrogen) atoms. The molecule has 0 radical (unpaired) electrons. The molecular formula is C22H24F2N4O4. The van der Waals surface area contributed by atoms with Crippen molar-refractivity contribution in [3.63, 3.8) is 0 Å². The van der Waals surface area contributed by atoms with E-state index in [-0.39, 0.29) is 35.4 Å². The summed E-state index contributed by atoms with van der Waals surface area (Å²) < 4.78 is 28.7. The molecule has 3 heterocycles. The molecule has 0 saturated carbocycles. The minimum absolute atomic E-state index is 0.0494. The van der Waals surface area contributed by atoms with Crippen molar-refractivity contribution in [2.24, 2.45) is 0 Å². The lowest BCUT2D eigenvalue weighted by atomic mass is 10.0. The van der Waals surface area contributed by atoms with Crippen molar-refractivity contribution in [1.82, 2.24) is 20.1 Å². The van der Waals surface area contributed by atoms with Crippen molar-refractivity contribution < 1.29 is 23.5 Å². The first-order valence-electron chi connectivity index (χ1n) is 10.5. The summed E-state index contributed by atoms with van der Waals surface area (Å²) in [5.74, 6) is -3.59. The second-order valence-electron chi connectivity index (χ2n) is 7.92. The zero-order valence-electron chi connectivity index (χ0n) is 17.7. The maximum absolute atomic E-state index is 14.0. The number of benzene rings is 1. The van der Waals surface area contributed by atoms with E-state index in [1.165, 1.54) is 6.07 Å². The SMILES string of the molecule is CCN[C@H]1C[C@@H]2CN(CC)C(=O)c3c(O)c(=O)c(C(=O)NCc4ccc(F)cc4F)c1n32. The molecule has 8 nitrogen and oxygen atoms in total. The highest BCUT2D eigenvalue weighted by Crippen LogP contribution is 2.42. The zero-order chi connectivity index (χ0) is 23.2. The Kier molecular flexibility index (Phi) is 5.72. The Morgan fingerprint density at radius 2 is 2.00 bits per heavy atom. The topological polar surface area (TPSA) is 104 Å². The van der Waals surface area contributed by atoms with E-state index in [9.17, 15) is 28.3 Å². The first-order valence-corrected chi connectivity index (χ1v) is 10.5. The number of amides is 2. The van der Waals surface area contributed by atoms with E-state index in [2.05, 4.69) is 10.6 Å². The minimum Gasteiger partial charge on any atom is -0.503 e. The molecule has 0 spiro atoms. The fourth-order valence-electron chi connectivity index (χ4n) is 4.60. The number of hydrogen-bond donors (Lipinski definition) is 3. The highest BCUT2D eigenvalue weighted by Gasteiger charge is 2.44. The van der Waals surface area contributed by atoms with Crippen molar-refractivity contribution in [3.05, 3.63) is 62.6 Å². The number of nitrogens with zero attached hydrogens (tertiary/aromatic N) is 2. The third-order valence-corrected chi connectivity index (χ3v) is 6.06. The van der Waals surface area contributed by atoms with Gasteiger partial charge >= 0.3 is 0 Å². The van der Waals surface area contributed by atoms with Crippen LogP contribution < -0.4 is 16.1 Å². The number of likely N-dealkylation sites (N-methyl/N-ethyl adjacent to an activating group) is 1. The molecule has 3 N–H and O–H groups in total. The Morgan fingerprint density at radius 3 is 2.66 bits per heavy atom. The van der Waals surface area contributed by atoms with Crippen LogP contribution in [0.5, 0.6) is 5.75 Å². The molecule has 0 aliphatic carbocycles. The van der Waals surface area contributed by atoms with Crippen molar-refractivity contribution in [3.8, 4) is 5.75 Å². The number of nitrogens with one attached hydrogen (secondary N) is 2. The number of aromatic nitrogens is 1. The van der Waals surface area contributed by atoms with Gasteiger partial charge in [-0.05, 0) is 26.0 Å². The fourth-order valence-corrected chi connectivity index (χ4v) is 4.60. The molecule has 1 aromatic carbocycles. The van der Waals surface area contributed by atoms with Gasteiger partial charge in [-0.25, -0.2) is 8.78 Å². The minimum atomic E-state index is -0.946. The second kappa shape index (κ2) is 8.34. The molecule has 2 aliphatic rings. The first kappa shape index (κ1) is 21.9. The molecule has 170 valence electrons. The molecule has 0 fully saturated rings. The maximum atomic E-state index is 14.0. The molecule has 2 aromatic rings. The molecule has 0 unspecified atom stereocenters. The lowest BCUT2D eigenvalue weighted by molar-refractivity contribution is 0.0675. The number of carbonyl (C=O) groups excluding carboxylic acids is 2. The average molecular weight is 446 g/mol. The summed E-state index contributed by atoms with van der Waals surface area (Å²) >= 11 is 0. The highest BCUT2D eigenvalue weighted by atomic mass is 19.1. The molecule has 0 saturated heterocycles. The number of halogens is 2. The lowest BCUT2D eigenvalue weighted by Crippen LogP contribution is -2.44. The molecule has 2 aliphatic heterocycles. The van der Waals surface area contributed by atoms with Crippen molar-refractivity contribution in [2.75, 3.05) is 19.6 Å². The Labute approximate surface area is 182 Å². The molecule has 4 rings (SSSR count). The highest BCUT2D eigenvalue weighted by molar-refractivity contribution is 6.00. The van der Waals surface area contributed by atoms with Crippen LogP contribution in [0, 0.1) is 11.6 Å². The van der Waals surface area contributed by atoms with Gasteiger partial charge in [0.1, 0.15) is 17.2 Å². The predicted molar refractivity (Wildman–Crippen MR) is 112 cm³/mol. The van der Waals surface area contributed by atoms with Crippen LogP contribution in [0.2, 0.25) is 0 Å². The first-order chi connectivity index (χ1) is 15.3. The third kappa shape index (κ3) is 3.44. The van der Waals surface area contributed by atoms with E-state index < -0.39 is 34.6 Å². The molecule has 0 bridgehead atoms. The van der Waals surface area contributed by atoms with Crippen molar-refractivity contribution >= 4 is 11.8 Å². The summed E-state index contributed by atoms with van der Waals surface area (Å²) in [7, 11) is 0. The van der Waals surface area contributed by atoms with E-state index >= 15 is 0 Å². The van der Waals surface area contributed by atoms with Gasteiger partial charge in [0.15, 0.2) is 11.4 Å². The quantitative estimate of drug-likeness (QED) is 0.628. The van der Waals surface area contributed by atoms with E-state index in [0.29, 0.717) is 37.8 Å². The van der Waals surface area contributed by atoms with Crippen LogP contribution in [0.15, 0.2) is 23.0 Å². The molecule has 2 atom stereocenters. The van der Waals surface area contributed by atoms with Crippen molar-refractivity contribution in [1.29, 1.82) is 0 Å². The summed E-state index contributed by atoms with van der Waals surface area (Å²) in [4.78, 5) is 40.5. The van der Waals surface area contributed by atoms with E-state index in [4.69, 9.17) is 0 Å². The molecular weight excluding hydrogens is 422 g/mol. The Bertz CT molecular complexity index is 1160. The summed E-state index contributed by atoms with van der Waals surface area (Å²) in [6.45, 7) is 4.82.